The number of halogens is 1. The number of carboxylic acids is 1. The summed E-state index contributed by atoms with van der Waals surface area (Å²) in [5, 5.41) is 29.5. The van der Waals surface area contributed by atoms with Gasteiger partial charge < -0.3 is 15.3 Å². The van der Waals surface area contributed by atoms with Crippen LogP contribution in [0.1, 0.15) is 87.9 Å². The lowest BCUT2D eigenvalue weighted by Gasteiger charge is -2.23. The number of aliphatic carboxylic acids is 1. The molecule has 0 bridgehead atoms. The average molecular weight is 423 g/mol. The van der Waals surface area contributed by atoms with E-state index in [1.807, 2.05) is 30.3 Å². The van der Waals surface area contributed by atoms with Gasteiger partial charge in [-0.3, -0.25) is 4.79 Å². The third-order valence-electron chi connectivity index (χ3n) is 5.93. The molecule has 0 saturated heterocycles. The van der Waals surface area contributed by atoms with E-state index >= 15 is 0 Å². The second-order valence-corrected chi connectivity index (χ2v) is 8.74. The molecule has 4 nitrogen and oxygen atoms in total. The lowest BCUT2D eigenvalue weighted by Crippen LogP contribution is -2.18. The second kappa shape index (κ2) is 12.4. The minimum absolute atomic E-state index is 0.0209. The number of unbranched alkanes of at least 4 members (excludes halogenated alkanes) is 3. The van der Waals surface area contributed by atoms with E-state index in [-0.39, 0.29) is 23.6 Å². The van der Waals surface area contributed by atoms with E-state index in [2.05, 4.69) is 13.0 Å². The predicted octanol–water partition coefficient (Wildman–Crippen LogP) is 5.57. The lowest BCUT2D eigenvalue weighted by atomic mass is 9.84. The Morgan fingerprint density at radius 3 is 2.59 bits per heavy atom. The summed E-state index contributed by atoms with van der Waals surface area (Å²) in [5.41, 5.74) is 1.99. The van der Waals surface area contributed by atoms with Crippen LogP contribution in [0.5, 0.6) is 0 Å². The van der Waals surface area contributed by atoms with Crippen LogP contribution in [-0.4, -0.2) is 32.8 Å². The van der Waals surface area contributed by atoms with E-state index < -0.39 is 18.2 Å². The molecular formula is C24H35ClO4. The minimum Gasteiger partial charge on any atom is -0.481 e. The highest BCUT2D eigenvalue weighted by Crippen LogP contribution is 2.45. The van der Waals surface area contributed by atoms with Crippen molar-refractivity contribution < 1.29 is 20.1 Å². The number of rotatable bonds is 12. The van der Waals surface area contributed by atoms with Crippen molar-refractivity contribution in [3.05, 3.63) is 47.5 Å². The molecule has 0 aromatic heterocycles. The van der Waals surface area contributed by atoms with Crippen molar-refractivity contribution in [2.75, 3.05) is 0 Å². The Bertz CT molecular complexity index is 643. The zero-order valence-electron chi connectivity index (χ0n) is 17.3. The van der Waals surface area contributed by atoms with Crippen molar-refractivity contribution in [2.45, 2.75) is 88.2 Å². The maximum Gasteiger partial charge on any atom is 0.303 e. The summed E-state index contributed by atoms with van der Waals surface area (Å²) < 4.78 is 0. The van der Waals surface area contributed by atoms with Gasteiger partial charge in [0, 0.05) is 17.7 Å². The van der Waals surface area contributed by atoms with Crippen LogP contribution in [0.2, 0.25) is 0 Å². The largest absolute Gasteiger partial charge is 0.481 e. The number of aliphatic hydroxyl groups is 2. The molecule has 2 rings (SSSR count). The fraction of sp³-hybridized carbons (Fsp3) is 0.625. The van der Waals surface area contributed by atoms with Gasteiger partial charge in [-0.1, -0.05) is 62.6 Å². The zero-order chi connectivity index (χ0) is 21.2. The quantitative estimate of drug-likeness (QED) is 0.233. The molecule has 0 spiro atoms. The molecule has 1 aromatic rings. The molecule has 5 heteroatoms. The summed E-state index contributed by atoms with van der Waals surface area (Å²) in [6.07, 6.45) is 10.2. The summed E-state index contributed by atoms with van der Waals surface area (Å²) in [4.78, 5) is 10.6. The molecule has 29 heavy (non-hydrogen) atoms. The van der Waals surface area contributed by atoms with Gasteiger partial charge in [0.25, 0.3) is 0 Å². The third kappa shape index (κ3) is 7.44. The monoisotopic (exact) mass is 422 g/mol. The minimum atomic E-state index is -0.767. The zero-order valence-corrected chi connectivity index (χ0v) is 18.1. The molecular weight excluding hydrogens is 388 g/mol. The molecule has 1 saturated carbocycles. The van der Waals surface area contributed by atoms with Gasteiger partial charge in [-0.25, -0.2) is 0 Å². The second-order valence-electron chi connectivity index (χ2n) is 8.18. The van der Waals surface area contributed by atoms with Gasteiger partial charge in [0.1, 0.15) is 0 Å². The summed E-state index contributed by atoms with van der Waals surface area (Å²) in [6.45, 7) is 2.15. The number of alkyl halides is 1. The highest BCUT2D eigenvalue weighted by Gasteiger charge is 2.41. The van der Waals surface area contributed by atoms with Crippen molar-refractivity contribution >= 4 is 17.6 Å². The van der Waals surface area contributed by atoms with Crippen LogP contribution in [0.3, 0.4) is 0 Å². The average Bonchev–Trinajstić information content (AvgIpc) is 2.97. The van der Waals surface area contributed by atoms with Gasteiger partial charge >= 0.3 is 5.97 Å². The van der Waals surface area contributed by atoms with Gasteiger partial charge in [0.15, 0.2) is 0 Å². The fourth-order valence-corrected chi connectivity index (χ4v) is 4.71. The van der Waals surface area contributed by atoms with Crippen molar-refractivity contribution in [1.82, 2.24) is 0 Å². The van der Waals surface area contributed by atoms with Crippen LogP contribution >= 0.6 is 11.6 Å². The number of hydrogen-bond acceptors (Lipinski definition) is 3. The van der Waals surface area contributed by atoms with E-state index in [4.69, 9.17) is 16.7 Å². The highest BCUT2D eigenvalue weighted by atomic mass is 35.5. The first-order valence-electron chi connectivity index (χ1n) is 10.9. The van der Waals surface area contributed by atoms with Crippen molar-refractivity contribution in [1.29, 1.82) is 0 Å². The smallest absolute Gasteiger partial charge is 0.303 e. The van der Waals surface area contributed by atoms with Crippen molar-refractivity contribution in [2.24, 2.45) is 5.92 Å². The summed E-state index contributed by atoms with van der Waals surface area (Å²) in [7, 11) is 0. The first kappa shape index (κ1) is 23.9. The Hall–Kier alpha value is -1.36. The van der Waals surface area contributed by atoms with E-state index in [1.54, 1.807) is 0 Å². The van der Waals surface area contributed by atoms with Gasteiger partial charge in [-0.05, 0) is 49.1 Å². The first-order valence-corrected chi connectivity index (χ1v) is 11.3. The number of allylic oxidation sites excluding steroid dienone is 2. The summed E-state index contributed by atoms with van der Waals surface area (Å²) in [6, 6.07) is 7.98. The molecule has 1 aliphatic carbocycles. The van der Waals surface area contributed by atoms with E-state index in [1.165, 1.54) is 0 Å². The number of carboxylic acid groups (broad SMARTS) is 1. The number of carbonyl (C=O) groups is 1. The Morgan fingerprint density at radius 2 is 1.93 bits per heavy atom. The molecule has 162 valence electrons. The van der Waals surface area contributed by atoms with E-state index in [0.717, 1.165) is 49.7 Å². The van der Waals surface area contributed by atoms with Crippen molar-refractivity contribution in [3.63, 3.8) is 0 Å². The predicted molar refractivity (Wildman–Crippen MR) is 117 cm³/mol. The number of aliphatic hydroxyl groups excluding tert-OH is 2. The normalized spacial score (nSPS) is 25.5. The molecule has 3 N–H and O–H groups in total. The van der Waals surface area contributed by atoms with Crippen LogP contribution in [0.15, 0.2) is 36.4 Å². The Morgan fingerprint density at radius 1 is 1.21 bits per heavy atom. The number of benzene rings is 1. The lowest BCUT2D eigenvalue weighted by molar-refractivity contribution is -0.137. The van der Waals surface area contributed by atoms with Crippen LogP contribution in [0, 0.1) is 5.92 Å². The number of hydrogen-bond donors (Lipinski definition) is 3. The Kier molecular flexibility index (Phi) is 10.2. The summed E-state index contributed by atoms with van der Waals surface area (Å²) >= 11 is 6.54. The van der Waals surface area contributed by atoms with Gasteiger partial charge in [0.2, 0.25) is 0 Å². The van der Waals surface area contributed by atoms with Crippen LogP contribution in [0.25, 0.3) is 0 Å². The molecule has 1 fully saturated rings. The molecule has 1 aromatic carbocycles. The molecule has 0 amide bonds. The van der Waals surface area contributed by atoms with Crippen LogP contribution < -0.4 is 0 Å². The maximum absolute atomic E-state index is 10.6. The van der Waals surface area contributed by atoms with Gasteiger partial charge in [0.05, 0.1) is 12.2 Å². The molecule has 0 radical (unpaired) electrons. The first-order chi connectivity index (χ1) is 13.9. The topological polar surface area (TPSA) is 77.8 Å². The van der Waals surface area contributed by atoms with Crippen molar-refractivity contribution in [3.8, 4) is 0 Å². The van der Waals surface area contributed by atoms with Crippen LogP contribution in [0.4, 0.5) is 0 Å². The fourth-order valence-electron chi connectivity index (χ4n) is 4.26. The summed E-state index contributed by atoms with van der Waals surface area (Å²) in [5.74, 6) is -0.646. The Balaban J connectivity index is 1.96. The maximum atomic E-state index is 10.6. The highest BCUT2D eigenvalue weighted by molar-refractivity contribution is 6.21. The molecule has 0 heterocycles. The molecule has 1 aliphatic rings. The molecule has 0 unspecified atom stereocenters. The third-order valence-corrected chi connectivity index (χ3v) is 6.43. The Labute approximate surface area is 179 Å². The molecule has 5 atom stereocenters. The standard InChI is InChI=1S/C24H35ClO4/c1-2-3-6-10-21(26)17-12-14-18(15-13-17)24-19(20(25)16-22(24)27)9-7-4-5-8-11-23(28)29/h4,7,12-15,19-22,24,26-27H,2-3,5-6,8-11,16H2,1H3,(H,28,29)/t19-,20-,21+,22+,24+/m0/s1. The van der Waals surface area contributed by atoms with Gasteiger partial charge in [-0.15, -0.1) is 11.6 Å². The SMILES string of the molecule is CCCCC[C@@H](O)c1ccc([C@@H]2[C@@H](CC=CCCCC(=O)O)[C@@H](Cl)C[C@H]2O)cc1. The van der Waals surface area contributed by atoms with E-state index in [0.29, 0.717) is 12.8 Å². The molecule has 0 aliphatic heterocycles. The van der Waals surface area contributed by atoms with Crippen LogP contribution in [-0.2, 0) is 4.79 Å². The van der Waals surface area contributed by atoms with Gasteiger partial charge in [-0.2, -0.15) is 0 Å². The van der Waals surface area contributed by atoms with E-state index in [9.17, 15) is 15.0 Å².